The first kappa shape index (κ1) is 19.6. The van der Waals surface area contributed by atoms with Gasteiger partial charge in [-0.15, -0.1) is 0 Å². The summed E-state index contributed by atoms with van der Waals surface area (Å²) in [6.45, 7) is 0.488. The molecule has 0 fully saturated rings. The number of fused-ring (bicyclic) bond motifs is 1. The predicted molar refractivity (Wildman–Crippen MR) is 115 cm³/mol. The standard InChI is InChI=1S/C23H23FN2O2S/c1-29(27,28)26-21-10-8-16(9-11-21)19-6-7-20(23(24)14-19)15-25-22-12-17-4-2-3-5-18(17)13-22/h2-11,14,22,25-26H,12-13,15H2,1H3. The Morgan fingerprint density at radius 3 is 2.14 bits per heavy atom. The van der Waals surface area contributed by atoms with Crippen LogP contribution in [-0.2, 0) is 29.4 Å². The zero-order valence-corrected chi connectivity index (χ0v) is 17.0. The van der Waals surface area contributed by atoms with Crippen molar-refractivity contribution in [2.75, 3.05) is 11.0 Å². The lowest BCUT2D eigenvalue weighted by Gasteiger charge is -2.13. The highest BCUT2D eigenvalue weighted by Gasteiger charge is 2.20. The van der Waals surface area contributed by atoms with Gasteiger partial charge in [-0.1, -0.05) is 48.5 Å². The summed E-state index contributed by atoms with van der Waals surface area (Å²) in [6.07, 6.45) is 3.06. The molecule has 0 atom stereocenters. The minimum atomic E-state index is -3.31. The van der Waals surface area contributed by atoms with Gasteiger partial charge in [-0.05, 0) is 53.3 Å². The van der Waals surface area contributed by atoms with Gasteiger partial charge >= 0.3 is 0 Å². The average Bonchev–Trinajstić information content (AvgIpc) is 3.09. The van der Waals surface area contributed by atoms with Crippen LogP contribution in [0.25, 0.3) is 11.1 Å². The third-order valence-electron chi connectivity index (χ3n) is 5.21. The maximum Gasteiger partial charge on any atom is 0.229 e. The maximum atomic E-state index is 14.6. The van der Waals surface area contributed by atoms with Gasteiger partial charge in [-0.3, -0.25) is 4.72 Å². The molecule has 0 aromatic heterocycles. The lowest BCUT2D eigenvalue weighted by molar-refractivity contribution is 0.516. The van der Waals surface area contributed by atoms with Gasteiger partial charge in [0.25, 0.3) is 0 Å². The lowest BCUT2D eigenvalue weighted by atomic mass is 10.0. The van der Waals surface area contributed by atoms with E-state index in [1.807, 2.05) is 12.1 Å². The summed E-state index contributed by atoms with van der Waals surface area (Å²) in [5.74, 6) is -0.246. The predicted octanol–water partition coefficient (Wildman–Crippen LogP) is 4.12. The fraction of sp³-hybridized carbons (Fsp3) is 0.217. The van der Waals surface area contributed by atoms with Crippen LogP contribution < -0.4 is 10.0 Å². The summed E-state index contributed by atoms with van der Waals surface area (Å²) in [4.78, 5) is 0. The Bertz CT molecular complexity index is 1100. The number of hydrogen-bond acceptors (Lipinski definition) is 3. The molecule has 0 spiro atoms. The second kappa shape index (κ2) is 7.97. The Hall–Kier alpha value is -2.70. The molecule has 0 saturated carbocycles. The zero-order valence-electron chi connectivity index (χ0n) is 16.2. The van der Waals surface area contributed by atoms with Gasteiger partial charge < -0.3 is 5.32 Å². The van der Waals surface area contributed by atoms with E-state index in [-0.39, 0.29) is 5.82 Å². The van der Waals surface area contributed by atoms with Crippen molar-refractivity contribution < 1.29 is 12.8 Å². The molecular weight excluding hydrogens is 387 g/mol. The second-order valence-corrected chi connectivity index (χ2v) is 9.26. The topological polar surface area (TPSA) is 58.2 Å². The summed E-state index contributed by atoms with van der Waals surface area (Å²) in [7, 11) is -3.31. The first-order valence-corrected chi connectivity index (χ1v) is 11.4. The Morgan fingerprint density at radius 1 is 0.931 bits per heavy atom. The van der Waals surface area contributed by atoms with E-state index in [1.54, 1.807) is 24.3 Å². The van der Waals surface area contributed by atoms with E-state index in [0.29, 0.717) is 23.8 Å². The summed E-state index contributed by atoms with van der Waals surface area (Å²) in [5.41, 5.74) is 5.44. The first-order valence-electron chi connectivity index (χ1n) is 9.54. The van der Waals surface area contributed by atoms with E-state index in [9.17, 15) is 12.8 Å². The maximum absolute atomic E-state index is 14.6. The van der Waals surface area contributed by atoms with Crippen molar-refractivity contribution in [3.63, 3.8) is 0 Å². The van der Waals surface area contributed by atoms with E-state index in [0.717, 1.165) is 30.2 Å². The SMILES string of the molecule is CS(=O)(=O)Nc1ccc(-c2ccc(CNC3Cc4ccccc4C3)c(F)c2)cc1. The Labute approximate surface area is 170 Å². The molecule has 4 rings (SSSR count). The van der Waals surface area contributed by atoms with Crippen molar-refractivity contribution in [2.24, 2.45) is 0 Å². The van der Waals surface area contributed by atoms with Crippen molar-refractivity contribution in [1.29, 1.82) is 0 Å². The summed E-state index contributed by atoms with van der Waals surface area (Å²) >= 11 is 0. The molecule has 1 aliphatic carbocycles. The van der Waals surface area contributed by atoms with Crippen LogP contribution in [0.5, 0.6) is 0 Å². The molecule has 150 valence electrons. The van der Waals surface area contributed by atoms with Crippen molar-refractivity contribution in [2.45, 2.75) is 25.4 Å². The molecule has 0 radical (unpaired) electrons. The van der Waals surface area contributed by atoms with Gasteiger partial charge in [-0.25, -0.2) is 12.8 Å². The molecule has 0 aliphatic heterocycles. The number of anilines is 1. The van der Waals surface area contributed by atoms with Crippen LogP contribution in [-0.4, -0.2) is 20.7 Å². The van der Waals surface area contributed by atoms with Crippen LogP contribution in [0.4, 0.5) is 10.1 Å². The summed E-state index contributed by atoms with van der Waals surface area (Å²) in [6, 6.07) is 20.9. The fourth-order valence-corrected chi connectivity index (χ4v) is 4.34. The third kappa shape index (κ3) is 4.83. The minimum Gasteiger partial charge on any atom is -0.309 e. The number of halogens is 1. The van der Waals surface area contributed by atoms with E-state index < -0.39 is 10.0 Å². The van der Waals surface area contributed by atoms with Crippen LogP contribution in [0.15, 0.2) is 66.7 Å². The van der Waals surface area contributed by atoms with Gasteiger partial charge in [0.2, 0.25) is 10.0 Å². The van der Waals surface area contributed by atoms with E-state index >= 15 is 0 Å². The molecule has 2 N–H and O–H groups in total. The molecule has 0 saturated heterocycles. The van der Waals surface area contributed by atoms with Gasteiger partial charge in [0.15, 0.2) is 0 Å². The quantitative estimate of drug-likeness (QED) is 0.643. The lowest BCUT2D eigenvalue weighted by Crippen LogP contribution is -2.29. The molecule has 0 bridgehead atoms. The van der Waals surface area contributed by atoms with Gasteiger partial charge in [0.05, 0.1) is 6.26 Å². The minimum absolute atomic E-state index is 0.246. The molecule has 29 heavy (non-hydrogen) atoms. The molecule has 3 aromatic carbocycles. The Morgan fingerprint density at radius 2 is 1.55 bits per heavy atom. The number of rotatable bonds is 6. The second-order valence-electron chi connectivity index (χ2n) is 7.51. The Kier molecular flexibility index (Phi) is 5.39. The van der Waals surface area contributed by atoms with E-state index in [4.69, 9.17) is 0 Å². The van der Waals surface area contributed by atoms with E-state index in [1.165, 1.54) is 17.2 Å². The normalized spacial score (nSPS) is 14.0. The fourth-order valence-electron chi connectivity index (χ4n) is 3.77. The molecule has 3 aromatic rings. The van der Waals surface area contributed by atoms with Gasteiger partial charge in [0.1, 0.15) is 5.82 Å². The summed E-state index contributed by atoms with van der Waals surface area (Å²) in [5, 5.41) is 3.47. The molecule has 6 heteroatoms. The summed E-state index contributed by atoms with van der Waals surface area (Å²) < 4.78 is 39.6. The third-order valence-corrected chi connectivity index (χ3v) is 5.81. The molecule has 4 nitrogen and oxygen atoms in total. The smallest absolute Gasteiger partial charge is 0.229 e. The highest BCUT2D eigenvalue weighted by molar-refractivity contribution is 7.92. The number of benzene rings is 3. The molecule has 0 heterocycles. The molecular formula is C23H23FN2O2S. The first-order chi connectivity index (χ1) is 13.9. The largest absolute Gasteiger partial charge is 0.309 e. The highest BCUT2D eigenvalue weighted by atomic mass is 32.2. The van der Waals surface area contributed by atoms with Crippen molar-refractivity contribution in [1.82, 2.24) is 5.32 Å². The van der Waals surface area contributed by atoms with Crippen LogP contribution in [0, 0.1) is 5.82 Å². The van der Waals surface area contributed by atoms with Gasteiger partial charge in [-0.2, -0.15) is 0 Å². The van der Waals surface area contributed by atoms with Crippen molar-refractivity contribution >= 4 is 15.7 Å². The molecule has 1 aliphatic rings. The Balaban J connectivity index is 1.40. The highest BCUT2D eigenvalue weighted by Crippen LogP contribution is 2.25. The van der Waals surface area contributed by atoms with Crippen LogP contribution in [0.1, 0.15) is 16.7 Å². The molecule has 0 amide bonds. The average molecular weight is 411 g/mol. The number of nitrogens with one attached hydrogen (secondary N) is 2. The zero-order chi connectivity index (χ0) is 20.4. The van der Waals surface area contributed by atoms with Crippen LogP contribution in [0.3, 0.4) is 0 Å². The monoisotopic (exact) mass is 410 g/mol. The van der Waals surface area contributed by atoms with Crippen molar-refractivity contribution in [3.05, 3.63) is 89.2 Å². The van der Waals surface area contributed by atoms with E-state index in [2.05, 4.69) is 34.3 Å². The van der Waals surface area contributed by atoms with Crippen LogP contribution in [0.2, 0.25) is 0 Å². The van der Waals surface area contributed by atoms with Crippen LogP contribution >= 0.6 is 0 Å². The molecule has 0 unspecified atom stereocenters. The number of hydrogen-bond donors (Lipinski definition) is 2. The number of sulfonamides is 1. The van der Waals surface area contributed by atoms with Gasteiger partial charge in [0, 0.05) is 23.8 Å². The van der Waals surface area contributed by atoms with Crippen molar-refractivity contribution in [3.8, 4) is 11.1 Å².